The average molecular weight is 461 g/mol. The van der Waals surface area contributed by atoms with Gasteiger partial charge in [-0.3, -0.25) is 24.0 Å². The molecule has 3 fully saturated rings. The van der Waals surface area contributed by atoms with Crippen LogP contribution in [-0.4, -0.2) is 51.7 Å². The van der Waals surface area contributed by atoms with Crippen LogP contribution in [0.25, 0.3) is 0 Å². The zero-order valence-corrected chi connectivity index (χ0v) is 19.2. The Morgan fingerprint density at radius 2 is 1.82 bits per heavy atom. The first-order valence-electron chi connectivity index (χ1n) is 11.8. The van der Waals surface area contributed by atoms with Crippen molar-refractivity contribution in [2.45, 2.75) is 77.2 Å². The largest absolute Gasteiger partial charge is 0.481 e. The van der Waals surface area contributed by atoms with Gasteiger partial charge < -0.3 is 14.9 Å². The number of fused-ring (bicyclic) bond motifs is 5. The molecular formula is C25H32O8. The lowest BCUT2D eigenvalue weighted by molar-refractivity contribution is -0.174. The lowest BCUT2D eigenvalue weighted by Gasteiger charge is -2.57. The molecule has 0 saturated heterocycles. The fourth-order valence-corrected chi connectivity index (χ4v) is 7.39. The number of rotatable bonds is 6. The average Bonchev–Trinajstić information content (AvgIpc) is 3.02. The van der Waals surface area contributed by atoms with Crippen LogP contribution in [0, 0.1) is 28.6 Å². The van der Waals surface area contributed by atoms with E-state index in [2.05, 4.69) is 6.92 Å². The van der Waals surface area contributed by atoms with Gasteiger partial charge in [-0.1, -0.05) is 19.4 Å². The van der Waals surface area contributed by atoms with Crippen LogP contribution in [-0.2, 0) is 28.7 Å². The van der Waals surface area contributed by atoms with E-state index in [0.29, 0.717) is 19.3 Å². The van der Waals surface area contributed by atoms with Crippen molar-refractivity contribution in [3.63, 3.8) is 0 Å². The minimum absolute atomic E-state index is 0.0205. The summed E-state index contributed by atoms with van der Waals surface area (Å²) in [5.74, 6) is -2.62. The number of Topliss-reactive ketones (excluding diaryl/α,β-unsaturated/α-hetero) is 2. The van der Waals surface area contributed by atoms with Crippen molar-refractivity contribution >= 4 is 29.3 Å². The molecule has 0 aromatic rings. The van der Waals surface area contributed by atoms with Crippen molar-refractivity contribution in [3.8, 4) is 0 Å². The van der Waals surface area contributed by atoms with Gasteiger partial charge in [0.25, 0.3) is 0 Å². The third-order valence-electron chi connectivity index (χ3n) is 9.18. The summed E-state index contributed by atoms with van der Waals surface area (Å²) in [5, 5.41) is 20.2. The molecular weight excluding hydrogens is 428 g/mol. The van der Waals surface area contributed by atoms with Crippen molar-refractivity contribution in [1.82, 2.24) is 0 Å². The van der Waals surface area contributed by atoms with Crippen molar-refractivity contribution in [2.75, 3.05) is 6.61 Å². The van der Waals surface area contributed by atoms with E-state index in [1.54, 1.807) is 13.0 Å². The third-order valence-corrected chi connectivity index (χ3v) is 9.18. The first-order chi connectivity index (χ1) is 15.4. The van der Waals surface area contributed by atoms with Crippen LogP contribution in [0.3, 0.4) is 0 Å². The zero-order chi connectivity index (χ0) is 24.2. The summed E-state index contributed by atoms with van der Waals surface area (Å²) in [6.07, 6.45) is 4.46. The molecule has 4 rings (SSSR count). The second-order valence-corrected chi connectivity index (χ2v) is 10.8. The molecule has 8 heteroatoms. The molecule has 0 radical (unpaired) electrons. The molecule has 6 atom stereocenters. The summed E-state index contributed by atoms with van der Waals surface area (Å²) < 4.78 is 4.95. The van der Waals surface area contributed by atoms with Crippen LogP contribution in [0.1, 0.15) is 71.6 Å². The summed E-state index contributed by atoms with van der Waals surface area (Å²) >= 11 is 0. The number of allylic oxidation sites excluding steroid dienone is 1. The van der Waals surface area contributed by atoms with Crippen molar-refractivity contribution in [2.24, 2.45) is 28.6 Å². The summed E-state index contributed by atoms with van der Waals surface area (Å²) in [4.78, 5) is 61.0. The molecule has 0 aromatic heterocycles. The molecule has 4 aliphatic rings. The van der Waals surface area contributed by atoms with Gasteiger partial charge in [-0.2, -0.15) is 0 Å². The highest BCUT2D eigenvalue weighted by Crippen LogP contribution is 2.66. The topological polar surface area (TPSA) is 135 Å². The van der Waals surface area contributed by atoms with Gasteiger partial charge in [-0.05, 0) is 55.4 Å². The summed E-state index contributed by atoms with van der Waals surface area (Å²) in [7, 11) is 0. The van der Waals surface area contributed by atoms with Crippen LogP contribution in [0.15, 0.2) is 11.6 Å². The Morgan fingerprint density at radius 1 is 1.09 bits per heavy atom. The number of carboxylic acid groups (broad SMARTS) is 1. The third kappa shape index (κ3) is 3.66. The monoisotopic (exact) mass is 460 g/mol. The maximum absolute atomic E-state index is 13.6. The number of hydrogen-bond donors (Lipinski definition) is 2. The Hall–Kier alpha value is -2.35. The fourth-order valence-electron chi connectivity index (χ4n) is 7.39. The SMILES string of the molecule is C[C@]12CCC(=O)C=C1CCC1C2C(=O)C[C@@]2(C)C1CCC2(O)C(=O)COC(=O)CCC(=O)O. The number of hydrogen-bond acceptors (Lipinski definition) is 7. The molecule has 0 aliphatic heterocycles. The number of carbonyl (C=O) groups excluding carboxylic acids is 4. The van der Waals surface area contributed by atoms with Crippen LogP contribution in [0.5, 0.6) is 0 Å². The normalized spacial score (nSPS) is 39.7. The van der Waals surface area contributed by atoms with Crippen molar-refractivity contribution < 1.29 is 38.9 Å². The Balaban J connectivity index is 1.53. The molecule has 33 heavy (non-hydrogen) atoms. The molecule has 3 saturated carbocycles. The first kappa shape index (κ1) is 23.8. The van der Waals surface area contributed by atoms with Gasteiger partial charge in [-0.25, -0.2) is 0 Å². The Labute approximate surface area is 192 Å². The van der Waals surface area contributed by atoms with Gasteiger partial charge in [-0.15, -0.1) is 0 Å². The predicted octanol–water partition coefficient (Wildman–Crippen LogP) is 2.41. The Morgan fingerprint density at radius 3 is 2.52 bits per heavy atom. The van der Waals surface area contributed by atoms with Crippen LogP contribution >= 0.6 is 0 Å². The number of aliphatic hydroxyl groups is 1. The van der Waals surface area contributed by atoms with Crippen molar-refractivity contribution in [3.05, 3.63) is 11.6 Å². The zero-order valence-electron chi connectivity index (χ0n) is 19.2. The van der Waals surface area contributed by atoms with Gasteiger partial charge in [0.2, 0.25) is 5.78 Å². The minimum atomic E-state index is -1.77. The summed E-state index contributed by atoms with van der Waals surface area (Å²) in [6, 6.07) is 0. The number of ether oxygens (including phenoxy) is 1. The number of carboxylic acids is 1. The molecule has 2 N–H and O–H groups in total. The van der Waals surface area contributed by atoms with Gasteiger partial charge in [0.05, 0.1) is 12.8 Å². The molecule has 0 bridgehead atoms. The van der Waals surface area contributed by atoms with Crippen LogP contribution < -0.4 is 0 Å². The maximum Gasteiger partial charge on any atom is 0.306 e. The van der Waals surface area contributed by atoms with E-state index in [9.17, 15) is 29.1 Å². The molecule has 180 valence electrons. The van der Waals surface area contributed by atoms with E-state index in [4.69, 9.17) is 9.84 Å². The van der Waals surface area contributed by atoms with Crippen LogP contribution in [0.4, 0.5) is 0 Å². The standard InChI is InChI=1S/C25H32O8/c1-23-9-7-15(26)11-14(23)3-4-16-17-8-10-25(32,24(17,2)12-18(27)22(16)23)19(28)13-33-21(31)6-5-20(29)30/h11,16-17,22,32H,3-10,12-13H2,1-2H3,(H,29,30)/t16?,17?,22?,23-,24-,25?/m0/s1. The molecule has 8 nitrogen and oxygen atoms in total. The van der Waals surface area contributed by atoms with Gasteiger partial charge >= 0.3 is 11.9 Å². The van der Waals surface area contributed by atoms with E-state index in [1.165, 1.54) is 0 Å². The summed E-state index contributed by atoms with van der Waals surface area (Å²) in [6.45, 7) is 3.26. The minimum Gasteiger partial charge on any atom is -0.481 e. The number of ketones is 3. The highest BCUT2D eigenvalue weighted by molar-refractivity contribution is 5.95. The van der Waals surface area contributed by atoms with E-state index >= 15 is 0 Å². The molecule has 0 heterocycles. The highest BCUT2D eigenvalue weighted by atomic mass is 16.5. The number of esters is 1. The van der Waals surface area contributed by atoms with Gasteiger partial charge in [0, 0.05) is 24.2 Å². The second-order valence-electron chi connectivity index (χ2n) is 10.8. The maximum atomic E-state index is 13.6. The quantitative estimate of drug-likeness (QED) is 0.577. The number of carbonyl (C=O) groups is 5. The van der Waals surface area contributed by atoms with Gasteiger partial charge in [0.15, 0.2) is 12.4 Å². The van der Waals surface area contributed by atoms with E-state index < -0.39 is 41.8 Å². The van der Waals surface area contributed by atoms with Crippen LogP contribution in [0.2, 0.25) is 0 Å². The lowest BCUT2D eigenvalue weighted by Crippen LogP contribution is -2.61. The van der Waals surface area contributed by atoms with Gasteiger partial charge in [0.1, 0.15) is 11.4 Å². The lowest BCUT2D eigenvalue weighted by atomic mass is 9.46. The second kappa shape index (κ2) is 8.15. The molecule has 0 spiro atoms. The first-order valence-corrected chi connectivity index (χ1v) is 11.8. The smallest absolute Gasteiger partial charge is 0.306 e. The Kier molecular flexibility index (Phi) is 5.88. The Bertz CT molecular complexity index is 950. The molecule has 0 aromatic carbocycles. The highest BCUT2D eigenvalue weighted by Gasteiger charge is 2.68. The van der Waals surface area contributed by atoms with E-state index in [1.807, 2.05) is 0 Å². The van der Waals surface area contributed by atoms with E-state index in [0.717, 1.165) is 18.4 Å². The number of aliphatic carboxylic acids is 1. The van der Waals surface area contributed by atoms with Crippen molar-refractivity contribution in [1.29, 1.82) is 0 Å². The predicted molar refractivity (Wildman–Crippen MR) is 115 cm³/mol. The molecule has 0 amide bonds. The molecule has 4 unspecified atom stereocenters. The molecule has 4 aliphatic carbocycles. The summed E-state index contributed by atoms with van der Waals surface area (Å²) in [5.41, 5.74) is -2.00. The fraction of sp³-hybridized carbons (Fsp3) is 0.720. The van der Waals surface area contributed by atoms with E-state index in [-0.39, 0.29) is 54.0 Å².